The van der Waals surface area contributed by atoms with Gasteiger partial charge in [0.25, 0.3) is 5.91 Å². The monoisotopic (exact) mass is 442 g/mol. The van der Waals surface area contributed by atoms with Crippen molar-refractivity contribution < 1.29 is 9.18 Å². The lowest BCUT2D eigenvalue weighted by atomic mass is 10.1. The zero-order valence-corrected chi connectivity index (χ0v) is 17.4. The van der Waals surface area contributed by atoms with Gasteiger partial charge in [-0.3, -0.25) is 4.79 Å². The van der Waals surface area contributed by atoms with E-state index in [1.165, 1.54) is 16.8 Å². The van der Waals surface area contributed by atoms with Crippen LogP contribution in [-0.4, -0.2) is 20.7 Å². The normalized spacial score (nSPS) is 10.9. The minimum Gasteiger partial charge on any atom is -0.319 e. The van der Waals surface area contributed by atoms with E-state index < -0.39 is 5.91 Å². The van der Waals surface area contributed by atoms with Crippen molar-refractivity contribution in [2.45, 2.75) is 0 Å². The Kier molecular flexibility index (Phi) is 5.13. The van der Waals surface area contributed by atoms with Gasteiger partial charge in [-0.05, 0) is 59.3 Å². The SMILES string of the molecule is O=C(Nc1ccc2ccccc2c1)c1nc(-c2cccc(Cl)c2)n(-c2ccc(F)cc2)n1. The number of halogens is 2. The highest BCUT2D eigenvalue weighted by atomic mass is 35.5. The summed E-state index contributed by atoms with van der Waals surface area (Å²) in [6.07, 6.45) is 0. The lowest BCUT2D eigenvalue weighted by Gasteiger charge is -2.06. The maximum atomic E-state index is 13.4. The molecule has 7 heteroatoms. The highest BCUT2D eigenvalue weighted by molar-refractivity contribution is 6.30. The van der Waals surface area contributed by atoms with Crippen LogP contribution < -0.4 is 5.32 Å². The van der Waals surface area contributed by atoms with Crippen molar-refractivity contribution >= 4 is 34.0 Å². The average molecular weight is 443 g/mol. The Morgan fingerprint density at radius 2 is 1.66 bits per heavy atom. The molecular weight excluding hydrogens is 427 g/mol. The van der Waals surface area contributed by atoms with E-state index >= 15 is 0 Å². The molecule has 0 aliphatic carbocycles. The summed E-state index contributed by atoms with van der Waals surface area (Å²) in [4.78, 5) is 17.4. The second-order valence-corrected chi connectivity index (χ2v) is 7.61. The molecule has 0 atom stereocenters. The Labute approximate surface area is 188 Å². The molecule has 1 amide bonds. The molecule has 1 heterocycles. The fraction of sp³-hybridized carbons (Fsp3) is 0. The molecule has 0 bridgehead atoms. The van der Waals surface area contributed by atoms with Crippen LogP contribution in [0.5, 0.6) is 0 Å². The number of carbonyl (C=O) groups excluding carboxylic acids is 1. The van der Waals surface area contributed by atoms with E-state index in [0.29, 0.717) is 27.8 Å². The van der Waals surface area contributed by atoms with Crippen LogP contribution >= 0.6 is 11.6 Å². The van der Waals surface area contributed by atoms with Crippen molar-refractivity contribution in [1.82, 2.24) is 14.8 Å². The summed E-state index contributed by atoms with van der Waals surface area (Å²) in [7, 11) is 0. The first kappa shape index (κ1) is 19.9. The van der Waals surface area contributed by atoms with Gasteiger partial charge in [0.15, 0.2) is 5.82 Å². The van der Waals surface area contributed by atoms with Crippen molar-refractivity contribution in [3.8, 4) is 17.1 Å². The number of nitrogens with one attached hydrogen (secondary N) is 1. The lowest BCUT2D eigenvalue weighted by molar-refractivity contribution is 0.101. The van der Waals surface area contributed by atoms with Crippen molar-refractivity contribution in [1.29, 1.82) is 0 Å². The van der Waals surface area contributed by atoms with E-state index in [9.17, 15) is 9.18 Å². The molecule has 1 aromatic heterocycles. The molecule has 0 unspecified atom stereocenters. The number of benzene rings is 4. The first-order valence-corrected chi connectivity index (χ1v) is 10.2. The van der Waals surface area contributed by atoms with E-state index in [0.717, 1.165) is 10.8 Å². The largest absolute Gasteiger partial charge is 0.319 e. The number of hydrogen-bond acceptors (Lipinski definition) is 3. The number of amides is 1. The molecule has 0 fully saturated rings. The second kappa shape index (κ2) is 8.24. The molecule has 5 rings (SSSR count). The molecule has 5 aromatic rings. The van der Waals surface area contributed by atoms with E-state index in [1.54, 1.807) is 30.3 Å². The summed E-state index contributed by atoms with van der Waals surface area (Å²) >= 11 is 6.15. The summed E-state index contributed by atoms with van der Waals surface area (Å²) in [5.41, 5.74) is 1.88. The van der Waals surface area contributed by atoms with Crippen LogP contribution in [0.25, 0.3) is 27.8 Å². The number of carbonyl (C=O) groups is 1. The van der Waals surface area contributed by atoms with Crippen molar-refractivity contribution in [3.05, 3.63) is 108 Å². The molecule has 0 aliphatic heterocycles. The minimum atomic E-state index is -0.454. The molecule has 4 aromatic carbocycles. The van der Waals surface area contributed by atoms with Gasteiger partial charge in [-0.15, -0.1) is 5.10 Å². The van der Waals surface area contributed by atoms with Gasteiger partial charge >= 0.3 is 0 Å². The first-order valence-electron chi connectivity index (χ1n) is 9.86. The van der Waals surface area contributed by atoms with Crippen LogP contribution in [0.2, 0.25) is 5.02 Å². The highest BCUT2D eigenvalue weighted by Crippen LogP contribution is 2.25. The third-order valence-corrected chi connectivity index (χ3v) is 5.21. The number of anilines is 1. The maximum absolute atomic E-state index is 13.4. The summed E-state index contributed by atoms with van der Waals surface area (Å²) in [5.74, 6) is -0.419. The third-order valence-electron chi connectivity index (χ3n) is 4.97. The zero-order chi connectivity index (χ0) is 22.1. The molecule has 0 saturated carbocycles. The van der Waals surface area contributed by atoms with Gasteiger partial charge in [0.1, 0.15) is 5.82 Å². The fourth-order valence-electron chi connectivity index (χ4n) is 3.44. The van der Waals surface area contributed by atoms with Crippen LogP contribution in [0, 0.1) is 5.82 Å². The Balaban J connectivity index is 1.53. The van der Waals surface area contributed by atoms with E-state index in [-0.39, 0.29) is 11.6 Å². The van der Waals surface area contributed by atoms with Crippen molar-refractivity contribution in [2.75, 3.05) is 5.32 Å². The van der Waals surface area contributed by atoms with Gasteiger partial charge in [-0.25, -0.2) is 14.1 Å². The predicted octanol–water partition coefficient (Wildman–Crippen LogP) is 6.13. The number of hydrogen-bond donors (Lipinski definition) is 1. The molecule has 156 valence electrons. The van der Waals surface area contributed by atoms with Gasteiger partial charge in [0, 0.05) is 16.3 Å². The average Bonchev–Trinajstić information content (AvgIpc) is 3.25. The lowest BCUT2D eigenvalue weighted by Crippen LogP contribution is -2.14. The predicted molar refractivity (Wildman–Crippen MR) is 124 cm³/mol. The molecule has 0 saturated heterocycles. The standard InChI is InChI=1S/C25H16ClFN4O/c26-19-7-3-6-18(14-19)24-29-23(30-31(24)22-12-9-20(27)10-13-22)25(32)28-21-11-8-16-4-1-2-5-17(16)15-21/h1-15H,(H,28,32). The number of nitrogens with zero attached hydrogens (tertiary/aromatic N) is 3. The molecule has 0 aliphatic rings. The van der Waals surface area contributed by atoms with Gasteiger partial charge in [-0.2, -0.15) is 0 Å². The summed E-state index contributed by atoms with van der Waals surface area (Å²) in [6.45, 7) is 0. The third kappa shape index (κ3) is 3.96. The smallest absolute Gasteiger partial charge is 0.295 e. The summed E-state index contributed by atoms with van der Waals surface area (Å²) < 4.78 is 14.9. The van der Waals surface area contributed by atoms with Crippen LogP contribution in [0.1, 0.15) is 10.6 Å². The fourth-order valence-corrected chi connectivity index (χ4v) is 3.63. The molecule has 1 N–H and O–H groups in total. The molecule has 32 heavy (non-hydrogen) atoms. The van der Waals surface area contributed by atoms with Crippen molar-refractivity contribution in [3.63, 3.8) is 0 Å². The number of rotatable bonds is 4. The molecule has 0 spiro atoms. The quantitative estimate of drug-likeness (QED) is 0.364. The minimum absolute atomic E-state index is 0.0162. The Morgan fingerprint density at radius 3 is 2.44 bits per heavy atom. The van der Waals surface area contributed by atoms with Crippen LogP contribution in [0.4, 0.5) is 10.1 Å². The second-order valence-electron chi connectivity index (χ2n) is 7.17. The van der Waals surface area contributed by atoms with Gasteiger partial charge in [0.2, 0.25) is 5.82 Å². The zero-order valence-electron chi connectivity index (χ0n) is 16.7. The Hall–Kier alpha value is -4.03. The molecule has 5 nitrogen and oxygen atoms in total. The van der Waals surface area contributed by atoms with E-state index in [1.807, 2.05) is 48.5 Å². The topological polar surface area (TPSA) is 59.8 Å². The van der Waals surface area contributed by atoms with Crippen LogP contribution in [-0.2, 0) is 0 Å². The molecular formula is C25H16ClFN4O. The van der Waals surface area contributed by atoms with Gasteiger partial charge in [0.05, 0.1) is 5.69 Å². The number of fused-ring (bicyclic) bond motifs is 1. The van der Waals surface area contributed by atoms with Crippen LogP contribution in [0.15, 0.2) is 91.0 Å². The van der Waals surface area contributed by atoms with Crippen molar-refractivity contribution in [2.24, 2.45) is 0 Å². The summed E-state index contributed by atoms with van der Waals surface area (Å²) in [6, 6.07) is 26.4. The van der Waals surface area contributed by atoms with Crippen LogP contribution in [0.3, 0.4) is 0 Å². The summed E-state index contributed by atoms with van der Waals surface area (Å²) in [5, 5.41) is 9.87. The van der Waals surface area contributed by atoms with E-state index in [4.69, 9.17) is 11.6 Å². The van der Waals surface area contributed by atoms with E-state index in [2.05, 4.69) is 15.4 Å². The maximum Gasteiger partial charge on any atom is 0.295 e. The number of aromatic nitrogens is 3. The highest BCUT2D eigenvalue weighted by Gasteiger charge is 2.19. The first-order chi connectivity index (χ1) is 15.6. The van der Waals surface area contributed by atoms with Gasteiger partial charge < -0.3 is 5.32 Å². The Morgan fingerprint density at radius 1 is 0.875 bits per heavy atom. The van der Waals surface area contributed by atoms with Gasteiger partial charge in [-0.1, -0.05) is 54.1 Å². The molecule has 0 radical (unpaired) electrons. The Bertz CT molecular complexity index is 1450.